The third-order valence-corrected chi connectivity index (χ3v) is 5.71. The average molecular weight is 425 g/mol. The maximum absolute atomic E-state index is 12.9. The Kier molecular flexibility index (Phi) is 6.54. The summed E-state index contributed by atoms with van der Waals surface area (Å²) in [5, 5.41) is 14.2. The molecule has 2 aliphatic heterocycles. The Morgan fingerprint density at radius 1 is 1.13 bits per heavy atom. The van der Waals surface area contributed by atoms with Crippen molar-refractivity contribution >= 4 is 17.3 Å². The Morgan fingerprint density at radius 3 is 2.77 bits per heavy atom. The van der Waals surface area contributed by atoms with Crippen LogP contribution in [0.15, 0.2) is 42.5 Å². The van der Waals surface area contributed by atoms with Crippen molar-refractivity contribution < 1.29 is 19.2 Å². The standard InChI is InChI=1S/C23H27N3O5/c27-23(9-3-12-24-18-6-1-2-7-20(18)26(28)29)25-13-4-8-19(25)17-10-11-21-22(16-17)31-15-5-14-30-21/h1-2,6-7,10-11,16,19,24H,3-5,8-9,12-15H2/t19-/m1/s1. The van der Waals surface area contributed by atoms with E-state index in [1.165, 1.54) is 6.07 Å². The predicted octanol–water partition coefficient (Wildman–Crippen LogP) is 4.31. The van der Waals surface area contributed by atoms with Crippen molar-refractivity contribution in [3.63, 3.8) is 0 Å². The fourth-order valence-electron chi connectivity index (χ4n) is 4.19. The lowest BCUT2D eigenvalue weighted by Crippen LogP contribution is -2.30. The molecule has 1 N–H and O–H groups in total. The maximum atomic E-state index is 12.9. The molecule has 164 valence electrons. The van der Waals surface area contributed by atoms with Crippen molar-refractivity contribution in [2.75, 3.05) is 31.6 Å². The summed E-state index contributed by atoms with van der Waals surface area (Å²) in [7, 11) is 0. The van der Waals surface area contributed by atoms with Gasteiger partial charge in [0.05, 0.1) is 24.2 Å². The van der Waals surface area contributed by atoms with E-state index in [9.17, 15) is 14.9 Å². The van der Waals surface area contributed by atoms with Crippen LogP contribution in [-0.2, 0) is 4.79 Å². The summed E-state index contributed by atoms with van der Waals surface area (Å²) >= 11 is 0. The second-order valence-electron chi connectivity index (χ2n) is 7.81. The van der Waals surface area contributed by atoms with Gasteiger partial charge in [0.2, 0.25) is 5.91 Å². The fraction of sp³-hybridized carbons (Fsp3) is 0.435. The minimum atomic E-state index is -0.405. The molecular formula is C23H27N3O5. The second-order valence-corrected chi connectivity index (χ2v) is 7.81. The van der Waals surface area contributed by atoms with Gasteiger partial charge in [-0.15, -0.1) is 0 Å². The summed E-state index contributed by atoms with van der Waals surface area (Å²) in [4.78, 5) is 25.5. The van der Waals surface area contributed by atoms with Gasteiger partial charge < -0.3 is 19.7 Å². The quantitative estimate of drug-likeness (QED) is 0.404. The Morgan fingerprint density at radius 2 is 1.94 bits per heavy atom. The number of benzene rings is 2. The molecule has 8 heteroatoms. The molecule has 31 heavy (non-hydrogen) atoms. The van der Waals surface area contributed by atoms with Gasteiger partial charge in [-0.05, 0) is 43.0 Å². The van der Waals surface area contributed by atoms with Crippen molar-refractivity contribution in [3.8, 4) is 11.5 Å². The number of rotatable bonds is 7. The Labute approximate surface area is 181 Å². The first kappa shape index (κ1) is 21.0. The van der Waals surface area contributed by atoms with Crippen molar-refractivity contribution in [2.24, 2.45) is 0 Å². The van der Waals surface area contributed by atoms with E-state index in [2.05, 4.69) is 5.32 Å². The lowest BCUT2D eigenvalue weighted by Gasteiger charge is -2.26. The van der Waals surface area contributed by atoms with Gasteiger partial charge in [-0.25, -0.2) is 0 Å². The van der Waals surface area contributed by atoms with Crippen LogP contribution in [0.3, 0.4) is 0 Å². The zero-order chi connectivity index (χ0) is 21.6. The van der Waals surface area contributed by atoms with Crippen LogP contribution in [-0.4, -0.2) is 42.0 Å². The molecular weight excluding hydrogens is 398 g/mol. The molecule has 8 nitrogen and oxygen atoms in total. The molecule has 0 radical (unpaired) electrons. The number of hydrogen-bond acceptors (Lipinski definition) is 6. The third kappa shape index (κ3) is 4.90. The molecule has 2 aromatic rings. The Balaban J connectivity index is 1.33. The SMILES string of the molecule is O=C(CCCNc1ccccc1[N+](=O)[O-])N1CCC[C@@H]1c1ccc2c(c1)OCCCO2. The first-order valence-electron chi connectivity index (χ1n) is 10.8. The zero-order valence-electron chi connectivity index (χ0n) is 17.4. The Hall–Kier alpha value is -3.29. The number of nitro benzene ring substituents is 1. The predicted molar refractivity (Wildman–Crippen MR) is 117 cm³/mol. The smallest absolute Gasteiger partial charge is 0.292 e. The molecule has 0 spiro atoms. The lowest BCUT2D eigenvalue weighted by atomic mass is 10.0. The molecule has 1 atom stereocenters. The number of likely N-dealkylation sites (tertiary alicyclic amines) is 1. The van der Waals surface area contributed by atoms with Gasteiger partial charge in [0.15, 0.2) is 11.5 Å². The number of nitrogens with zero attached hydrogens (tertiary/aromatic N) is 2. The summed E-state index contributed by atoms with van der Waals surface area (Å²) in [5.74, 6) is 1.63. The summed E-state index contributed by atoms with van der Waals surface area (Å²) < 4.78 is 11.5. The number of amides is 1. The molecule has 0 saturated carbocycles. The van der Waals surface area contributed by atoms with Crippen LogP contribution in [0.2, 0.25) is 0 Å². The normalized spacial score (nSPS) is 17.8. The molecule has 2 heterocycles. The van der Waals surface area contributed by atoms with Crippen molar-refractivity contribution in [1.29, 1.82) is 0 Å². The zero-order valence-corrected chi connectivity index (χ0v) is 17.4. The highest BCUT2D eigenvalue weighted by Crippen LogP contribution is 2.38. The molecule has 1 saturated heterocycles. The van der Waals surface area contributed by atoms with Crippen LogP contribution in [0, 0.1) is 10.1 Å². The van der Waals surface area contributed by atoms with E-state index in [4.69, 9.17) is 9.47 Å². The van der Waals surface area contributed by atoms with E-state index in [-0.39, 0.29) is 17.6 Å². The maximum Gasteiger partial charge on any atom is 0.292 e. The van der Waals surface area contributed by atoms with E-state index in [0.717, 1.165) is 42.9 Å². The summed E-state index contributed by atoms with van der Waals surface area (Å²) in [6, 6.07) is 12.6. The van der Waals surface area contributed by atoms with Crippen molar-refractivity contribution in [1.82, 2.24) is 4.90 Å². The highest BCUT2D eigenvalue weighted by atomic mass is 16.6. The number of anilines is 1. The number of carbonyl (C=O) groups is 1. The molecule has 0 bridgehead atoms. The number of nitrogens with one attached hydrogen (secondary N) is 1. The van der Waals surface area contributed by atoms with Gasteiger partial charge in [-0.3, -0.25) is 14.9 Å². The van der Waals surface area contributed by atoms with Gasteiger partial charge in [-0.1, -0.05) is 18.2 Å². The number of carbonyl (C=O) groups excluding carboxylic acids is 1. The number of fused-ring (bicyclic) bond motifs is 1. The fourth-order valence-corrected chi connectivity index (χ4v) is 4.19. The van der Waals surface area contributed by atoms with Crippen LogP contribution >= 0.6 is 0 Å². The van der Waals surface area contributed by atoms with Crippen molar-refractivity contribution in [3.05, 3.63) is 58.1 Å². The van der Waals surface area contributed by atoms with E-state index in [1.807, 2.05) is 23.1 Å². The summed E-state index contributed by atoms with van der Waals surface area (Å²) in [6.07, 6.45) is 3.77. The second kappa shape index (κ2) is 9.68. The molecule has 0 aromatic heterocycles. The highest BCUT2D eigenvalue weighted by Gasteiger charge is 2.30. The topological polar surface area (TPSA) is 93.9 Å². The van der Waals surface area contributed by atoms with E-state index in [0.29, 0.717) is 38.3 Å². The number of para-hydroxylation sites is 2. The van der Waals surface area contributed by atoms with Gasteiger partial charge in [0, 0.05) is 32.0 Å². The minimum absolute atomic E-state index is 0.0443. The molecule has 4 rings (SSSR count). The van der Waals surface area contributed by atoms with E-state index >= 15 is 0 Å². The molecule has 0 unspecified atom stereocenters. The summed E-state index contributed by atoms with van der Waals surface area (Å²) in [5.41, 5.74) is 1.60. The summed E-state index contributed by atoms with van der Waals surface area (Å²) in [6.45, 7) is 2.53. The van der Waals surface area contributed by atoms with E-state index < -0.39 is 4.92 Å². The molecule has 2 aliphatic rings. The number of ether oxygens (including phenoxy) is 2. The number of nitro groups is 1. The van der Waals surface area contributed by atoms with Crippen molar-refractivity contribution in [2.45, 2.75) is 38.1 Å². The first-order chi connectivity index (χ1) is 15.1. The van der Waals surface area contributed by atoms with Gasteiger partial charge in [-0.2, -0.15) is 0 Å². The molecule has 1 fully saturated rings. The van der Waals surface area contributed by atoms with Crippen LogP contribution in [0.5, 0.6) is 11.5 Å². The third-order valence-electron chi connectivity index (χ3n) is 5.71. The highest BCUT2D eigenvalue weighted by molar-refractivity contribution is 5.77. The van der Waals surface area contributed by atoms with Gasteiger partial charge in [0.1, 0.15) is 5.69 Å². The minimum Gasteiger partial charge on any atom is -0.490 e. The molecule has 0 aliphatic carbocycles. The Bertz CT molecular complexity index is 949. The first-order valence-corrected chi connectivity index (χ1v) is 10.8. The van der Waals surface area contributed by atoms with Crippen LogP contribution < -0.4 is 14.8 Å². The van der Waals surface area contributed by atoms with Crippen LogP contribution in [0.1, 0.15) is 43.7 Å². The largest absolute Gasteiger partial charge is 0.490 e. The molecule has 1 amide bonds. The average Bonchev–Trinajstić information content (AvgIpc) is 3.15. The van der Waals surface area contributed by atoms with Gasteiger partial charge in [0.25, 0.3) is 5.69 Å². The van der Waals surface area contributed by atoms with E-state index in [1.54, 1.807) is 18.2 Å². The lowest BCUT2D eigenvalue weighted by molar-refractivity contribution is -0.384. The monoisotopic (exact) mass is 425 g/mol. The van der Waals surface area contributed by atoms with Gasteiger partial charge >= 0.3 is 0 Å². The number of hydrogen-bond donors (Lipinski definition) is 1. The van der Waals surface area contributed by atoms with Crippen LogP contribution in [0.25, 0.3) is 0 Å². The molecule has 2 aromatic carbocycles. The van der Waals surface area contributed by atoms with Crippen LogP contribution in [0.4, 0.5) is 11.4 Å².